The first-order chi connectivity index (χ1) is 17.3. The molecule has 0 spiro atoms. The van der Waals surface area contributed by atoms with Crippen molar-refractivity contribution in [3.05, 3.63) is 77.1 Å². The third kappa shape index (κ3) is 7.41. The second-order valence-corrected chi connectivity index (χ2v) is 8.91. The van der Waals surface area contributed by atoms with Gasteiger partial charge < -0.3 is 18.9 Å². The second kappa shape index (κ2) is 12.0. The highest BCUT2D eigenvalue weighted by atomic mass is 19.4. The average molecular weight is 507 g/mol. The number of rotatable bonds is 10. The Kier molecular flexibility index (Phi) is 8.82. The standard InChI is InChI=1S/C28H30F4O4/c1-2-15-33-24-17-34-26(35-18-24)14-7-20-6-13-25-22(16-20)10-9-21(27(25)29)8-3-19-4-11-23(12-5-19)36-28(30,31)32/h4-6,9-13,16,24,26H,2-3,7-8,14-15,17-18H2,1H3. The predicted molar refractivity (Wildman–Crippen MR) is 128 cm³/mol. The molecule has 0 saturated carbocycles. The first kappa shape index (κ1) is 26.4. The summed E-state index contributed by atoms with van der Waals surface area (Å²) in [6.07, 6.45) is -1.65. The van der Waals surface area contributed by atoms with E-state index in [9.17, 15) is 13.2 Å². The highest BCUT2D eigenvalue weighted by molar-refractivity contribution is 5.84. The molecule has 8 heteroatoms. The molecule has 0 aromatic heterocycles. The predicted octanol–water partition coefficient (Wildman–Crippen LogP) is 6.76. The molecule has 194 valence electrons. The summed E-state index contributed by atoms with van der Waals surface area (Å²) in [6, 6.07) is 15.0. The zero-order chi connectivity index (χ0) is 25.5. The fourth-order valence-electron chi connectivity index (χ4n) is 4.23. The smallest absolute Gasteiger partial charge is 0.406 e. The molecule has 0 N–H and O–H groups in total. The number of hydrogen-bond donors (Lipinski definition) is 0. The third-order valence-corrected chi connectivity index (χ3v) is 6.10. The molecule has 1 saturated heterocycles. The van der Waals surface area contributed by atoms with Crippen LogP contribution in [-0.2, 0) is 33.5 Å². The number of halogens is 4. The van der Waals surface area contributed by atoms with Crippen molar-refractivity contribution in [2.24, 2.45) is 0 Å². The zero-order valence-corrected chi connectivity index (χ0v) is 20.2. The maximum absolute atomic E-state index is 15.2. The van der Waals surface area contributed by atoms with Crippen molar-refractivity contribution in [1.29, 1.82) is 0 Å². The number of ether oxygens (including phenoxy) is 4. The van der Waals surface area contributed by atoms with Gasteiger partial charge in [-0.2, -0.15) is 0 Å². The summed E-state index contributed by atoms with van der Waals surface area (Å²) >= 11 is 0. The second-order valence-electron chi connectivity index (χ2n) is 8.91. The minimum Gasteiger partial charge on any atom is -0.406 e. The number of alkyl halides is 3. The fraction of sp³-hybridized carbons (Fsp3) is 0.429. The first-order valence-corrected chi connectivity index (χ1v) is 12.2. The summed E-state index contributed by atoms with van der Waals surface area (Å²) in [5.41, 5.74) is 2.44. The monoisotopic (exact) mass is 506 g/mol. The van der Waals surface area contributed by atoms with Crippen LogP contribution in [0.5, 0.6) is 5.75 Å². The summed E-state index contributed by atoms with van der Waals surface area (Å²) in [7, 11) is 0. The molecule has 3 aromatic rings. The molecule has 0 unspecified atom stereocenters. The van der Waals surface area contributed by atoms with Crippen LogP contribution in [0.25, 0.3) is 10.8 Å². The molecule has 3 aromatic carbocycles. The van der Waals surface area contributed by atoms with Gasteiger partial charge in [-0.25, -0.2) is 4.39 Å². The summed E-state index contributed by atoms with van der Waals surface area (Å²) < 4.78 is 73.1. The van der Waals surface area contributed by atoms with Gasteiger partial charge in [0, 0.05) is 18.4 Å². The van der Waals surface area contributed by atoms with E-state index in [2.05, 4.69) is 11.7 Å². The van der Waals surface area contributed by atoms with E-state index in [-0.39, 0.29) is 24.0 Å². The molecule has 1 aliphatic heterocycles. The Bertz CT molecular complexity index is 1120. The number of aryl methyl sites for hydroxylation is 3. The van der Waals surface area contributed by atoms with E-state index in [1.165, 1.54) is 12.1 Å². The largest absolute Gasteiger partial charge is 0.573 e. The summed E-state index contributed by atoms with van der Waals surface area (Å²) in [5, 5.41) is 1.37. The molecule has 4 nitrogen and oxygen atoms in total. The molecule has 0 aliphatic carbocycles. The van der Waals surface area contributed by atoms with Crippen molar-refractivity contribution in [2.45, 2.75) is 57.8 Å². The quantitative estimate of drug-likeness (QED) is 0.285. The van der Waals surface area contributed by atoms with Gasteiger partial charge in [-0.05, 0) is 59.9 Å². The van der Waals surface area contributed by atoms with Crippen molar-refractivity contribution in [3.63, 3.8) is 0 Å². The lowest BCUT2D eigenvalue weighted by Gasteiger charge is -2.29. The van der Waals surface area contributed by atoms with Crippen LogP contribution in [0.2, 0.25) is 0 Å². The van der Waals surface area contributed by atoms with Crippen LogP contribution in [0.4, 0.5) is 17.6 Å². The van der Waals surface area contributed by atoms with E-state index >= 15 is 4.39 Å². The highest BCUT2D eigenvalue weighted by Crippen LogP contribution is 2.26. The maximum atomic E-state index is 15.2. The Morgan fingerprint density at radius 3 is 2.31 bits per heavy atom. The number of hydrogen-bond acceptors (Lipinski definition) is 4. The first-order valence-electron chi connectivity index (χ1n) is 12.2. The minimum atomic E-state index is -4.72. The van der Waals surface area contributed by atoms with Crippen LogP contribution < -0.4 is 4.74 Å². The summed E-state index contributed by atoms with van der Waals surface area (Å²) in [4.78, 5) is 0. The Hall–Kier alpha value is -2.68. The van der Waals surface area contributed by atoms with Gasteiger partial charge in [-0.3, -0.25) is 0 Å². The van der Waals surface area contributed by atoms with Gasteiger partial charge >= 0.3 is 6.36 Å². The Labute approximate surface area is 208 Å². The van der Waals surface area contributed by atoms with E-state index in [1.807, 2.05) is 18.2 Å². The molecule has 0 radical (unpaired) electrons. The Morgan fingerprint density at radius 1 is 0.889 bits per heavy atom. The average Bonchev–Trinajstić information content (AvgIpc) is 2.86. The molecule has 0 bridgehead atoms. The van der Waals surface area contributed by atoms with Gasteiger partial charge in [0.2, 0.25) is 0 Å². The van der Waals surface area contributed by atoms with E-state index in [0.717, 1.165) is 29.4 Å². The number of fused-ring (bicyclic) bond motifs is 1. The fourth-order valence-corrected chi connectivity index (χ4v) is 4.23. The normalized spacial score (nSPS) is 18.5. The molecular weight excluding hydrogens is 476 g/mol. The topological polar surface area (TPSA) is 36.9 Å². The van der Waals surface area contributed by atoms with E-state index in [0.29, 0.717) is 50.0 Å². The molecule has 36 heavy (non-hydrogen) atoms. The Morgan fingerprint density at radius 2 is 1.61 bits per heavy atom. The lowest BCUT2D eigenvalue weighted by atomic mass is 9.98. The lowest BCUT2D eigenvalue weighted by molar-refractivity contribution is -0.274. The van der Waals surface area contributed by atoms with Gasteiger partial charge in [-0.1, -0.05) is 49.4 Å². The van der Waals surface area contributed by atoms with E-state index in [4.69, 9.17) is 14.2 Å². The van der Waals surface area contributed by atoms with Crippen LogP contribution >= 0.6 is 0 Å². The van der Waals surface area contributed by atoms with Crippen molar-refractivity contribution in [3.8, 4) is 5.75 Å². The molecular formula is C28H30F4O4. The van der Waals surface area contributed by atoms with Gasteiger partial charge in [-0.15, -0.1) is 13.2 Å². The van der Waals surface area contributed by atoms with Crippen molar-refractivity contribution in [2.75, 3.05) is 19.8 Å². The van der Waals surface area contributed by atoms with Crippen molar-refractivity contribution >= 4 is 10.8 Å². The summed E-state index contributed by atoms with van der Waals surface area (Å²) in [6.45, 7) is 3.82. The van der Waals surface area contributed by atoms with E-state index in [1.54, 1.807) is 24.3 Å². The summed E-state index contributed by atoms with van der Waals surface area (Å²) in [5.74, 6) is -0.543. The Balaban J connectivity index is 1.31. The molecule has 0 amide bonds. The van der Waals surface area contributed by atoms with Crippen LogP contribution in [0.3, 0.4) is 0 Å². The highest BCUT2D eigenvalue weighted by Gasteiger charge is 2.31. The van der Waals surface area contributed by atoms with Crippen LogP contribution in [0.1, 0.15) is 36.5 Å². The van der Waals surface area contributed by atoms with Crippen molar-refractivity contribution < 1.29 is 36.5 Å². The van der Waals surface area contributed by atoms with Crippen LogP contribution in [-0.4, -0.2) is 38.6 Å². The van der Waals surface area contributed by atoms with Gasteiger partial charge in [0.1, 0.15) is 17.7 Å². The lowest BCUT2D eigenvalue weighted by Crippen LogP contribution is -2.37. The zero-order valence-electron chi connectivity index (χ0n) is 20.2. The van der Waals surface area contributed by atoms with Crippen LogP contribution in [0, 0.1) is 5.82 Å². The van der Waals surface area contributed by atoms with Gasteiger partial charge in [0.25, 0.3) is 0 Å². The molecule has 1 heterocycles. The van der Waals surface area contributed by atoms with Gasteiger partial charge in [0.05, 0.1) is 13.2 Å². The maximum Gasteiger partial charge on any atom is 0.573 e. The van der Waals surface area contributed by atoms with Gasteiger partial charge in [0.15, 0.2) is 6.29 Å². The SMILES string of the molecule is CCCOC1COC(CCc2ccc3c(F)c(CCc4ccc(OC(F)(F)F)cc4)ccc3c2)OC1. The minimum absolute atomic E-state index is 0.0122. The molecule has 0 atom stereocenters. The van der Waals surface area contributed by atoms with E-state index < -0.39 is 6.36 Å². The molecule has 4 rings (SSSR count). The molecule has 1 fully saturated rings. The number of benzene rings is 3. The molecule has 1 aliphatic rings. The van der Waals surface area contributed by atoms with Crippen molar-refractivity contribution in [1.82, 2.24) is 0 Å². The van der Waals surface area contributed by atoms with Crippen LogP contribution in [0.15, 0.2) is 54.6 Å². The third-order valence-electron chi connectivity index (χ3n) is 6.10.